The molecule has 1 aromatic heterocycles. The minimum Gasteiger partial charge on any atom is -0.344 e. The van der Waals surface area contributed by atoms with Gasteiger partial charge >= 0.3 is 0 Å². The SMILES string of the molecule is CCC1/C=C\C=C/CN(c2cc(N(C)c3ccccc3-c3ccccc3)cc(-n3c4c(c5ccccc53)CCC=C4)c2)c2ccccc21. The van der Waals surface area contributed by atoms with E-state index < -0.39 is 0 Å². The standard InChI is InChI=1S/C45H41N3/c1-3-33-18-8-5-17-29-47(43-26-14-10-21-38(33)43)36-30-35(46(2)42-25-13-9-22-39(42)34-19-6-4-7-20-34)31-37(32-36)48-44-27-15-11-23-40(44)41-24-12-16-28-45(41)48/h4-11,13-23,25-28,30-33H,3,12,24,29H2,1-2H3/b17-5-,18-8-. The van der Waals surface area contributed by atoms with Crippen LogP contribution in [0.3, 0.4) is 0 Å². The fourth-order valence-corrected chi connectivity index (χ4v) is 7.58. The number of benzene rings is 5. The van der Waals surface area contributed by atoms with Crippen molar-refractivity contribution in [1.29, 1.82) is 0 Å². The maximum absolute atomic E-state index is 2.50. The molecule has 0 N–H and O–H groups in total. The molecule has 1 unspecified atom stereocenters. The Kier molecular flexibility index (Phi) is 8.03. The van der Waals surface area contributed by atoms with Crippen molar-refractivity contribution >= 4 is 39.7 Å². The van der Waals surface area contributed by atoms with Crippen LogP contribution in [0.15, 0.2) is 152 Å². The van der Waals surface area contributed by atoms with Gasteiger partial charge in [0.05, 0.1) is 11.2 Å². The summed E-state index contributed by atoms with van der Waals surface area (Å²) in [4.78, 5) is 4.86. The van der Waals surface area contributed by atoms with Gasteiger partial charge in [0.2, 0.25) is 0 Å². The zero-order chi connectivity index (χ0) is 32.5. The second kappa shape index (κ2) is 12.9. The van der Waals surface area contributed by atoms with Gasteiger partial charge in [0.25, 0.3) is 0 Å². The predicted octanol–water partition coefficient (Wildman–Crippen LogP) is 11.8. The van der Waals surface area contributed by atoms with E-state index in [1.165, 1.54) is 61.6 Å². The number of aromatic nitrogens is 1. The van der Waals surface area contributed by atoms with E-state index in [9.17, 15) is 0 Å². The van der Waals surface area contributed by atoms with Crippen LogP contribution >= 0.6 is 0 Å². The Labute approximate surface area is 284 Å². The Morgan fingerprint density at radius 3 is 2.42 bits per heavy atom. The molecule has 6 aromatic rings. The summed E-state index contributed by atoms with van der Waals surface area (Å²) in [5.74, 6) is 0.347. The van der Waals surface area contributed by atoms with Gasteiger partial charge in [-0.1, -0.05) is 122 Å². The maximum atomic E-state index is 2.50. The topological polar surface area (TPSA) is 11.4 Å². The van der Waals surface area contributed by atoms with Crippen molar-refractivity contribution in [3.05, 3.63) is 169 Å². The number of hydrogen-bond acceptors (Lipinski definition) is 2. The predicted molar refractivity (Wildman–Crippen MR) is 205 cm³/mol. The number of fused-ring (bicyclic) bond motifs is 4. The van der Waals surface area contributed by atoms with Gasteiger partial charge in [-0.15, -0.1) is 0 Å². The van der Waals surface area contributed by atoms with Crippen LogP contribution in [-0.4, -0.2) is 18.2 Å². The number of para-hydroxylation sites is 3. The summed E-state index contributed by atoms with van der Waals surface area (Å²) in [6, 6.07) is 44.5. The monoisotopic (exact) mass is 623 g/mol. The van der Waals surface area contributed by atoms with Crippen LogP contribution in [0.2, 0.25) is 0 Å². The molecule has 5 aromatic carbocycles. The molecule has 0 saturated carbocycles. The Morgan fingerprint density at radius 2 is 1.52 bits per heavy atom. The molecule has 2 aliphatic rings. The Hall–Kier alpha value is -5.54. The second-order valence-corrected chi connectivity index (χ2v) is 12.8. The van der Waals surface area contributed by atoms with Crippen LogP contribution in [0.1, 0.15) is 42.5 Å². The molecule has 0 fully saturated rings. The van der Waals surface area contributed by atoms with Crippen LogP contribution in [0.5, 0.6) is 0 Å². The molecule has 2 heterocycles. The van der Waals surface area contributed by atoms with Crippen molar-refractivity contribution in [3.8, 4) is 16.8 Å². The zero-order valence-corrected chi connectivity index (χ0v) is 27.8. The number of hydrogen-bond donors (Lipinski definition) is 0. The maximum Gasteiger partial charge on any atom is 0.0537 e. The second-order valence-electron chi connectivity index (χ2n) is 12.8. The van der Waals surface area contributed by atoms with Gasteiger partial charge in [0.15, 0.2) is 0 Å². The molecule has 48 heavy (non-hydrogen) atoms. The average Bonchev–Trinajstić information content (AvgIpc) is 3.53. The lowest BCUT2D eigenvalue weighted by Crippen LogP contribution is -2.20. The third-order valence-corrected chi connectivity index (χ3v) is 10.00. The smallest absolute Gasteiger partial charge is 0.0537 e. The molecule has 8 rings (SSSR count). The lowest BCUT2D eigenvalue weighted by atomic mass is 9.93. The van der Waals surface area contributed by atoms with Crippen LogP contribution < -0.4 is 9.80 Å². The van der Waals surface area contributed by atoms with E-state index >= 15 is 0 Å². The fourth-order valence-electron chi connectivity index (χ4n) is 7.58. The molecule has 0 amide bonds. The summed E-state index contributed by atoms with van der Waals surface area (Å²) in [5, 5.41) is 1.35. The van der Waals surface area contributed by atoms with E-state index in [1.54, 1.807) is 0 Å². The van der Waals surface area contributed by atoms with Crippen molar-refractivity contribution in [1.82, 2.24) is 4.57 Å². The minimum atomic E-state index is 0.347. The molecular weight excluding hydrogens is 583 g/mol. The molecule has 1 aliphatic heterocycles. The molecule has 236 valence electrons. The first-order chi connectivity index (χ1) is 23.7. The van der Waals surface area contributed by atoms with Crippen LogP contribution in [-0.2, 0) is 6.42 Å². The molecule has 1 atom stereocenters. The normalized spacial score (nSPS) is 16.8. The van der Waals surface area contributed by atoms with Gasteiger partial charge in [-0.3, -0.25) is 0 Å². The van der Waals surface area contributed by atoms with E-state index in [0.717, 1.165) is 31.5 Å². The molecule has 0 bridgehead atoms. The highest BCUT2D eigenvalue weighted by Crippen LogP contribution is 2.42. The lowest BCUT2D eigenvalue weighted by molar-refractivity contribution is 0.803. The Balaban J connectivity index is 1.37. The fraction of sp³-hybridized carbons (Fsp3) is 0.156. The van der Waals surface area contributed by atoms with Gasteiger partial charge < -0.3 is 14.4 Å². The Morgan fingerprint density at radius 1 is 0.750 bits per heavy atom. The van der Waals surface area contributed by atoms with E-state index in [-0.39, 0.29) is 0 Å². The molecule has 0 spiro atoms. The van der Waals surface area contributed by atoms with Crippen LogP contribution in [0, 0.1) is 0 Å². The third-order valence-electron chi connectivity index (χ3n) is 10.00. The van der Waals surface area contributed by atoms with Gasteiger partial charge in [0, 0.05) is 58.9 Å². The van der Waals surface area contributed by atoms with Gasteiger partial charge in [0.1, 0.15) is 0 Å². The number of allylic oxidation sites excluding steroid dienone is 4. The number of anilines is 4. The zero-order valence-electron chi connectivity index (χ0n) is 27.8. The lowest BCUT2D eigenvalue weighted by Gasteiger charge is -2.31. The molecule has 1 aliphatic carbocycles. The minimum absolute atomic E-state index is 0.347. The number of aryl methyl sites for hydroxylation is 1. The van der Waals surface area contributed by atoms with Crippen molar-refractivity contribution in [3.63, 3.8) is 0 Å². The van der Waals surface area contributed by atoms with Crippen molar-refractivity contribution in [2.24, 2.45) is 0 Å². The first kappa shape index (κ1) is 29.8. The molecule has 3 nitrogen and oxygen atoms in total. The average molecular weight is 624 g/mol. The van der Waals surface area contributed by atoms with E-state index in [4.69, 9.17) is 0 Å². The summed E-state index contributed by atoms with van der Waals surface area (Å²) in [6.07, 6.45) is 16.9. The highest BCUT2D eigenvalue weighted by atomic mass is 15.2. The summed E-state index contributed by atoms with van der Waals surface area (Å²) in [7, 11) is 2.21. The van der Waals surface area contributed by atoms with Gasteiger partial charge in [-0.05, 0) is 78.4 Å². The van der Waals surface area contributed by atoms with Crippen molar-refractivity contribution in [2.45, 2.75) is 32.1 Å². The molecule has 3 heteroatoms. The summed E-state index contributed by atoms with van der Waals surface area (Å²) in [5.41, 5.74) is 13.7. The van der Waals surface area contributed by atoms with Gasteiger partial charge in [-0.25, -0.2) is 0 Å². The molecular formula is C45H41N3. The highest BCUT2D eigenvalue weighted by Gasteiger charge is 2.23. The summed E-state index contributed by atoms with van der Waals surface area (Å²) >= 11 is 0. The van der Waals surface area contributed by atoms with Crippen molar-refractivity contribution < 1.29 is 0 Å². The van der Waals surface area contributed by atoms with Crippen LogP contribution in [0.25, 0.3) is 33.8 Å². The van der Waals surface area contributed by atoms with E-state index in [0.29, 0.717) is 5.92 Å². The quantitative estimate of drug-likeness (QED) is 0.183. The Bertz CT molecular complexity index is 2180. The van der Waals surface area contributed by atoms with Crippen LogP contribution in [0.4, 0.5) is 22.7 Å². The molecule has 0 saturated heterocycles. The van der Waals surface area contributed by atoms with E-state index in [2.05, 4.69) is 186 Å². The first-order valence-corrected chi connectivity index (χ1v) is 17.2. The summed E-state index contributed by atoms with van der Waals surface area (Å²) in [6.45, 7) is 3.05. The number of rotatable bonds is 6. The number of nitrogens with zero attached hydrogens (tertiary/aromatic N) is 3. The van der Waals surface area contributed by atoms with Gasteiger partial charge in [-0.2, -0.15) is 0 Å². The largest absolute Gasteiger partial charge is 0.344 e. The van der Waals surface area contributed by atoms with E-state index in [1.807, 2.05) is 0 Å². The van der Waals surface area contributed by atoms with Crippen molar-refractivity contribution in [2.75, 3.05) is 23.4 Å². The summed E-state index contributed by atoms with van der Waals surface area (Å²) < 4.78 is 2.48. The molecule has 0 radical (unpaired) electrons. The third kappa shape index (κ3) is 5.36. The first-order valence-electron chi connectivity index (χ1n) is 17.2. The highest BCUT2D eigenvalue weighted by molar-refractivity contribution is 5.92.